The Morgan fingerprint density at radius 1 is 0.711 bits per heavy atom. The molecule has 18 heteroatoms. The van der Waals surface area contributed by atoms with Gasteiger partial charge in [0.1, 0.15) is 47.4 Å². The van der Waals surface area contributed by atoms with Crippen LogP contribution >= 0.6 is 0 Å². The third kappa shape index (κ3) is 4.27. The molecule has 6 heterocycles. The second-order valence-electron chi connectivity index (χ2n) is 8.57. The molecule has 4 aromatic heterocycles. The molecule has 0 radical (unpaired) electrons. The van der Waals surface area contributed by atoms with E-state index in [2.05, 4.69) is 30.1 Å². The highest BCUT2D eigenvalue weighted by Crippen LogP contribution is 2.31. The number of aliphatic hydroxyl groups is 6. The molecule has 2 saturated heterocycles. The summed E-state index contributed by atoms with van der Waals surface area (Å²) in [6.45, 7) is -0.857. The summed E-state index contributed by atoms with van der Waals surface area (Å²) < 4.78 is 13.1. The summed E-state index contributed by atoms with van der Waals surface area (Å²) >= 11 is 0. The Bertz CT molecular complexity index is 1420. The highest BCUT2D eigenvalue weighted by molar-refractivity contribution is 5.73. The van der Waals surface area contributed by atoms with Gasteiger partial charge in [-0.25, -0.2) is 19.3 Å². The molecule has 204 valence electrons. The van der Waals surface area contributed by atoms with Crippen molar-refractivity contribution in [3.8, 4) is 0 Å². The predicted octanol–water partition coefficient (Wildman–Crippen LogP) is -4.54. The number of nitrogens with one attached hydrogen (secondary N) is 2. The van der Waals surface area contributed by atoms with E-state index in [-0.39, 0.29) is 33.2 Å². The van der Waals surface area contributed by atoms with Crippen molar-refractivity contribution in [2.24, 2.45) is 0 Å². The lowest BCUT2D eigenvalue weighted by Crippen LogP contribution is -2.33. The summed E-state index contributed by atoms with van der Waals surface area (Å²) in [4.78, 5) is 35.8. The molecule has 0 aromatic carbocycles. The van der Waals surface area contributed by atoms with Crippen LogP contribution in [0.4, 0.5) is 0 Å². The first-order valence-corrected chi connectivity index (χ1v) is 11.3. The molecule has 0 aliphatic carbocycles. The number of aliphatic hydroxyl groups excluding tert-OH is 6. The molecule has 6 rings (SSSR count). The third-order valence-electron chi connectivity index (χ3n) is 6.31. The van der Waals surface area contributed by atoms with Gasteiger partial charge in [0, 0.05) is 0 Å². The topological polar surface area (TPSA) is 267 Å². The molecule has 0 spiro atoms. The van der Waals surface area contributed by atoms with Crippen LogP contribution in [0.2, 0.25) is 0 Å². The monoisotopic (exact) mass is 536 g/mol. The highest BCUT2D eigenvalue weighted by atomic mass is 16.6. The lowest BCUT2D eigenvalue weighted by atomic mass is 10.1. The van der Waals surface area contributed by atoms with E-state index in [1.54, 1.807) is 0 Å². The Hall–Kier alpha value is -3.62. The van der Waals surface area contributed by atoms with Gasteiger partial charge in [-0.3, -0.25) is 9.59 Å². The van der Waals surface area contributed by atoms with Gasteiger partial charge in [0.25, 0.3) is 11.1 Å². The van der Waals surface area contributed by atoms with E-state index in [1.165, 1.54) is 34.4 Å². The van der Waals surface area contributed by atoms with Crippen molar-refractivity contribution in [1.82, 2.24) is 39.5 Å². The van der Waals surface area contributed by atoms with Crippen LogP contribution in [0, 0.1) is 0 Å². The molecular weight excluding hydrogens is 512 g/mol. The molecule has 2 fully saturated rings. The molecule has 0 bridgehead atoms. The number of nitrogens with zero attached hydrogens (tertiary/aromatic N) is 6. The van der Waals surface area contributed by atoms with Crippen molar-refractivity contribution in [2.45, 2.75) is 49.1 Å². The zero-order valence-electron chi connectivity index (χ0n) is 19.3. The third-order valence-corrected chi connectivity index (χ3v) is 6.31. The van der Waals surface area contributed by atoms with Gasteiger partial charge in [-0.1, -0.05) is 0 Å². The number of hydrogen-bond donors (Lipinski definition) is 8. The maximum atomic E-state index is 11.5. The van der Waals surface area contributed by atoms with E-state index >= 15 is 0 Å². The fourth-order valence-corrected chi connectivity index (χ4v) is 4.29. The normalized spacial score (nSPS) is 31.1. The van der Waals surface area contributed by atoms with Crippen LogP contribution in [0.25, 0.3) is 22.1 Å². The fraction of sp³-hybridized carbons (Fsp3) is 0.500. The van der Waals surface area contributed by atoms with Crippen molar-refractivity contribution in [3.63, 3.8) is 0 Å². The minimum absolute atomic E-state index is 0.235. The molecule has 8 N–H and O–H groups in total. The van der Waals surface area contributed by atoms with Gasteiger partial charge in [-0.15, -0.1) is 0 Å². The molecule has 8 atom stereocenters. The average Bonchev–Trinajstić information content (AvgIpc) is 3.67. The van der Waals surface area contributed by atoms with E-state index in [0.717, 1.165) is 0 Å². The van der Waals surface area contributed by atoms with Crippen LogP contribution in [0.1, 0.15) is 12.5 Å². The summed E-state index contributed by atoms with van der Waals surface area (Å²) in [7, 11) is 0. The predicted molar refractivity (Wildman–Crippen MR) is 122 cm³/mol. The van der Waals surface area contributed by atoms with E-state index in [1.807, 2.05) is 0 Å². The van der Waals surface area contributed by atoms with Gasteiger partial charge in [0.2, 0.25) is 0 Å². The van der Waals surface area contributed by atoms with Gasteiger partial charge >= 0.3 is 0 Å². The second-order valence-corrected chi connectivity index (χ2v) is 8.57. The highest BCUT2D eigenvalue weighted by Gasteiger charge is 2.45. The number of fused-ring (bicyclic) bond motifs is 2. The van der Waals surface area contributed by atoms with E-state index in [9.17, 15) is 30.0 Å². The van der Waals surface area contributed by atoms with Crippen molar-refractivity contribution >= 4 is 22.1 Å². The lowest BCUT2D eigenvalue weighted by Gasteiger charge is -2.15. The maximum Gasteiger partial charge on any atom is 0.261 e. The lowest BCUT2D eigenvalue weighted by molar-refractivity contribution is -0.0566. The van der Waals surface area contributed by atoms with Crippen molar-refractivity contribution in [1.29, 1.82) is 0 Å². The van der Waals surface area contributed by atoms with Crippen molar-refractivity contribution in [3.05, 3.63) is 45.8 Å². The summed E-state index contributed by atoms with van der Waals surface area (Å²) in [5.41, 5.74) is -0.247. The minimum atomic E-state index is -1.26. The molecular formula is C20H24N8O10. The van der Waals surface area contributed by atoms with Crippen molar-refractivity contribution < 1.29 is 40.1 Å². The summed E-state index contributed by atoms with van der Waals surface area (Å²) in [6.07, 6.45) is -3.75. The van der Waals surface area contributed by atoms with Crippen LogP contribution in [-0.2, 0) is 9.47 Å². The quantitative estimate of drug-likeness (QED) is 0.122. The van der Waals surface area contributed by atoms with Crippen LogP contribution in [-0.4, -0.2) is 120 Å². The van der Waals surface area contributed by atoms with Crippen LogP contribution < -0.4 is 11.1 Å². The zero-order valence-corrected chi connectivity index (χ0v) is 19.3. The molecule has 0 unspecified atom stereocenters. The van der Waals surface area contributed by atoms with Gasteiger partial charge in [-0.2, -0.15) is 10.2 Å². The average molecular weight is 536 g/mol. The fourth-order valence-electron chi connectivity index (χ4n) is 4.29. The summed E-state index contributed by atoms with van der Waals surface area (Å²) in [6, 6.07) is 0. The smallest absolute Gasteiger partial charge is 0.261 e. The summed E-state index contributed by atoms with van der Waals surface area (Å²) in [5.74, 6) is 0. The van der Waals surface area contributed by atoms with Crippen LogP contribution in [0.5, 0.6) is 0 Å². The molecule has 2 aliphatic heterocycles. The first-order chi connectivity index (χ1) is 18.3. The Balaban J connectivity index is 0.000000155. The number of aromatic amines is 2. The second kappa shape index (κ2) is 10.3. The van der Waals surface area contributed by atoms with E-state index in [4.69, 9.17) is 19.7 Å². The van der Waals surface area contributed by atoms with Gasteiger partial charge in [0.05, 0.1) is 38.3 Å². The Morgan fingerprint density at radius 2 is 1.11 bits per heavy atom. The SMILES string of the molecule is O=c1[nH]cnc2c1cnn2[C@@H]1O[C@H](CO)[C@@H](O)[C@H]1O.O=c1[nH]cnc2c1cnn2[C@@H]1O[C@H](CO)[C@H](O)[C@@H]1O. The molecule has 0 saturated carbocycles. The van der Waals surface area contributed by atoms with E-state index < -0.39 is 62.3 Å². The van der Waals surface area contributed by atoms with Gasteiger partial charge in [0.15, 0.2) is 23.8 Å². The molecule has 18 nitrogen and oxygen atoms in total. The molecule has 38 heavy (non-hydrogen) atoms. The number of H-pyrrole nitrogens is 2. The number of aromatic nitrogens is 8. The standard InChI is InChI=1S/2C10H12N4O5/c2*15-2-5-6(16)7(17)10(19-5)14-8-4(1-13-14)9(18)12-3-11-8/h2*1,3,5-7,10,15-17H,2H2,(H,11,12,18)/t5-,6+,7+,10-;5-,6-,7-,10-/m11/s1. The number of ether oxygens (including phenoxy) is 2. The Morgan fingerprint density at radius 3 is 1.45 bits per heavy atom. The zero-order chi connectivity index (χ0) is 27.1. The van der Waals surface area contributed by atoms with Crippen LogP contribution in [0.15, 0.2) is 34.6 Å². The maximum absolute atomic E-state index is 11.5. The number of rotatable bonds is 4. The van der Waals surface area contributed by atoms with E-state index in [0.29, 0.717) is 0 Å². The largest absolute Gasteiger partial charge is 0.394 e. The summed E-state index contributed by atoms with van der Waals surface area (Å²) in [5, 5.41) is 65.6. The van der Waals surface area contributed by atoms with Crippen molar-refractivity contribution in [2.75, 3.05) is 13.2 Å². The number of hydrogen-bond acceptors (Lipinski definition) is 14. The van der Waals surface area contributed by atoms with Crippen LogP contribution in [0.3, 0.4) is 0 Å². The first kappa shape index (κ1) is 26.0. The van der Waals surface area contributed by atoms with Gasteiger partial charge < -0.3 is 50.1 Å². The minimum Gasteiger partial charge on any atom is -0.394 e. The first-order valence-electron chi connectivity index (χ1n) is 11.3. The molecule has 0 amide bonds. The molecule has 2 aliphatic rings. The van der Waals surface area contributed by atoms with Gasteiger partial charge in [-0.05, 0) is 0 Å². The molecule has 4 aromatic rings. The Kier molecular flexibility index (Phi) is 7.03. The Labute approximate surface area is 210 Å².